The van der Waals surface area contributed by atoms with Gasteiger partial charge in [-0.05, 0) is 6.42 Å². The second kappa shape index (κ2) is 5.51. The van der Waals surface area contributed by atoms with Gasteiger partial charge in [-0.15, -0.1) is 0 Å². The highest BCUT2D eigenvalue weighted by Gasteiger charge is 2.23. The lowest BCUT2D eigenvalue weighted by Crippen LogP contribution is -2.05. The van der Waals surface area contributed by atoms with Crippen LogP contribution in [0.4, 0.5) is 23.0 Å². The third-order valence-corrected chi connectivity index (χ3v) is 2.73. The third-order valence-electron chi connectivity index (χ3n) is 2.73. The Labute approximate surface area is 115 Å². The molecule has 2 N–H and O–H groups in total. The lowest BCUT2D eigenvalue weighted by atomic mass is 10.3. The van der Waals surface area contributed by atoms with Gasteiger partial charge in [-0.25, -0.2) is 9.97 Å². The molecule has 0 spiro atoms. The molecule has 106 valence electrons. The molecule has 9 heteroatoms. The van der Waals surface area contributed by atoms with Crippen molar-refractivity contribution in [3.8, 4) is 0 Å². The molecular formula is C11H15N7O2. The maximum Gasteiger partial charge on any atom is 0.353 e. The minimum absolute atomic E-state index is 0.136. The van der Waals surface area contributed by atoms with Crippen LogP contribution >= 0.6 is 0 Å². The van der Waals surface area contributed by atoms with Crippen LogP contribution in [0.3, 0.4) is 0 Å². The van der Waals surface area contributed by atoms with E-state index in [1.54, 1.807) is 25.0 Å². The molecule has 20 heavy (non-hydrogen) atoms. The predicted molar refractivity (Wildman–Crippen MR) is 74.1 cm³/mol. The Morgan fingerprint density at radius 1 is 1.40 bits per heavy atom. The van der Waals surface area contributed by atoms with Gasteiger partial charge in [0.1, 0.15) is 6.33 Å². The van der Waals surface area contributed by atoms with E-state index in [-0.39, 0.29) is 17.3 Å². The van der Waals surface area contributed by atoms with Gasteiger partial charge in [0.05, 0.1) is 16.3 Å². The van der Waals surface area contributed by atoms with Gasteiger partial charge in [-0.3, -0.25) is 14.8 Å². The van der Waals surface area contributed by atoms with Gasteiger partial charge in [0.25, 0.3) is 0 Å². The molecule has 2 heterocycles. The van der Waals surface area contributed by atoms with E-state index < -0.39 is 4.92 Å². The molecule has 2 aromatic heterocycles. The maximum absolute atomic E-state index is 11.2. The van der Waals surface area contributed by atoms with Crippen LogP contribution in [0.2, 0.25) is 0 Å². The van der Waals surface area contributed by atoms with Crippen molar-refractivity contribution in [1.82, 2.24) is 19.7 Å². The van der Waals surface area contributed by atoms with E-state index in [2.05, 4.69) is 25.7 Å². The van der Waals surface area contributed by atoms with Crippen molar-refractivity contribution in [1.29, 1.82) is 0 Å². The van der Waals surface area contributed by atoms with Crippen molar-refractivity contribution in [2.75, 3.05) is 17.7 Å². The topological polar surface area (TPSA) is 111 Å². The minimum atomic E-state index is -0.518. The Kier molecular flexibility index (Phi) is 3.78. The number of anilines is 3. The van der Waals surface area contributed by atoms with Gasteiger partial charge in [0.2, 0.25) is 11.6 Å². The molecule has 0 saturated carbocycles. The molecule has 0 aliphatic rings. The molecule has 0 atom stereocenters. The van der Waals surface area contributed by atoms with Crippen LogP contribution < -0.4 is 10.6 Å². The molecule has 0 aliphatic carbocycles. The summed E-state index contributed by atoms with van der Waals surface area (Å²) < 4.78 is 1.65. The van der Waals surface area contributed by atoms with E-state index in [0.717, 1.165) is 5.69 Å². The van der Waals surface area contributed by atoms with Gasteiger partial charge in [0, 0.05) is 20.3 Å². The van der Waals surface area contributed by atoms with Crippen LogP contribution in [0.25, 0.3) is 0 Å². The number of nitro groups is 1. The fourth-order valence-electron chi connectivity index (χ4n) is 1.85. The summed E-state index contributed by atoms with van der Waals surface area (Å²) in [6, 6.07) is 0. The Hall–Kier alpha value is -2.71. The van der Waals surface area contributed by atoms with Gasteiger partial charge in [-0.2, -0.15) is 5.10 Å². The van der Waals surface area contributed by atoms with Crippen molar-refractivity contribution in [3.63, 3.8) is 0 Å². The van der Waals surface area contributed by atoms with Crippen LogP contribution in [0.15, 0.2) is 12.5 Å². The Balaban J connectivity index is 2.45. The highest BCUT2D eigenvalue weighted by atomic mass is 16.6. The molecule has 2 aromatic rings. The minimum Gasteiger partial charge on any atom is -0.367 e. The van der Waals surface area contributed by atoms with E-state index in [0.29, 0.717) is 12.1 Å². The first-order valence-corrected chi connectivity index (χ1v) is 6.03. The van der Waals surface area contributed by atoms with Crippen molar-refractivity contribution < 1.29 is 4.92 Å². The average molecular weight is 277 g/mol. The summed E-state index contributed by atoms with van der Waals surface area (Å²) in [6.45, 7) is 1.96. The number of nitrogens with one attached hydrogen (secondary N) is 2. The summed E-state index contributed by atoms with van der Waals surface area (Å²) in [4.78, 5) is 18.4. The zero-order valence-corrected chi connectivity index (χ0v) is 11.4. The first kappa shape index (κ1) is 13.7. The summed E-state index contributed by atoms with van der Waals surface area (Å²) >= 11 is 0. The third kappa shape index (κ3) is 2.51. The number of hydrogen-bond acceptors (Lipinski definition) is 7. The number of rotatable bonds is 5. The normalized spacial score (nSPS) is 10.3. The second-order valence-electron chi connectivity index (χ2n) is 4.07. The van der Waals surface area contributed by atoms with E-state index in [4.69, 9.17) is 0 Å². The summed E-state index contributed by atoms with van der Waals surface area (Å²) in [5, 5.41) is 21.1. The molecular weight excluding hydrogens is 262 g/mol. The summed E-state index contributed by atoms with van der Waals surface area (Å²) in [7, 11) is 3.36. The van der Waals surface area contributed by atoms with Crippen LogP contribution in [0, 0.1) is 10.1 Å². The predicted octanol–water partition coefficient (Wildman–Crippen LogP) is 1.47. The van der Waals surface area contributed by atoms with E-state index in [1.807, 2.05) is 6.92 Å². The number of nitrogens with zero attached hydrogens (tertiary/aromatic N) is 5. The van der Waals surface area contributed by atoms with Gasteiger partial charge < -0.3 is 10.6 Å². The Morgan fingerprint density at radius 3 is 2.70 bits per heavy atom. The monoisotopic (exact) mass is 277 g/mol. The lowest BCUT2D eigenvalue weighted by molar-refractivity contribution is -0.383. The zero-order valence-electron chi connectivity index (χ0n) is 11.4. The number of aromatic nitrogens is 4. The summed E-state index contributed by atoms with van der Waals surface area (Å²) in [5.74, 6) is 0.298. The summed E-state index contributed by atoms with van der Waals surface area (Å²) in [5.41, 5.74) is 1.31. The molecule has 9 nitrogen and oxygen atoms in total. The second-order valence-corrected chi connectivity index (χ2v) is 4.07. The van der Waals surface area contributed by atoms with E-state index >= 15 is 0 Å². The molecule has 0 bridgehead atoms. The molecule has 2 rings (SSSR count). The van der Waals surface area contributed by atoms with Crippen molar-refractivity contribution in [2.45, 2.75) is 13.3 Å². The van der Waals surface area contributed by atoms with Crippen molar-refractivity contribution >= 4 is 23.0 Å². The lowest BCUT2D eigenvalue weighted by Gasteiger charge is -2.07. The van der Waals surface area contributed by atoms with Crippen LogP contribution in [0.5, 0.6) is 0 Å². The smallest absolute Gasteiger partial charge is 0.353 e. The Bertz CT molecular complexity index is 638. The molecule has 0 unspecified atom stereocenters. The van der Waals surface area contributed by atoms with E-state index in [1.165, 1.54) is 6.33 Å². The maximum atomic E-state index is 11.2. The quantitative estimate of drug-likeness (QED) is 0.628. The first-order chi connectivity index (χ1) is 9.56. The highest BCUT2D eigenvalue weighted by Crippen LogP contribution is 2.31. The molecule has 0 amide bonds. The fourth-order valence-corrected chi connectivity index (χ4v) is 1.85. The van der Waals surface area contributed by atoms with Crippen molar-refractivity contribution in [3.05, 3.63) is 28.3 Å². The molecule has 0 aromatic carbocycles. The van der Waals surface area contributed by atoms with E-state index in [9.17, 15) is 10.1 Å². The van der Waals surface area contributed by atoms with Crippen LogP contribution in [-0.2, 0) is 13.5 Å². The molecule has 0 fully saturated rings. The standard InChI is InChI=1S/C11H15N7O2/c1-4-7-8(5-17(3)16-7)15-11-9(18(19)20)10(12-2)13-6-14-11/h5-6H,4H2,1-3H3,(H2,12,13,14,15). The highest BCUT2D eigenvalue weighted by molar-refractivity contribution is 5.74. The Morgan fingerprint density at radius 2 is 2.10 bits per heavy atom. The SMILES string of the molecule is CCc1nn(C)cc1Nc1ncnc(NC)c1[N+](=O)[O-]. The van der Waals surface area contributed by atoms with Gasteiger partial charge in [0.15, 0.2) is 0 Å². The van der Waals surface area contributed by atoms with Crippen LogP contribution in [-0.4, -0.2) is 31.7 Å². The first-order valence-electron chi connectivity index (χ1n) is 6.03. The zero-order chi connectivity index (χ0) is 14.7. The molecule has 0 saturated heterocycles. The van der Waals surface area contributed by atoms with Gasteiger partial charge >= 0.3 is 5.69 Å². The van der Waals surface area contributed by atoms with Crippen molar-refractivity contribution in [2.24, 2.45) is 7.05 Å². The largest absolute Gasteiger partial charge is 0.367 e. The fraction of sp³-hybridized carbons (Fsp3) is 0.364. The number of hydrogen-bond donors (Lipinski definition) is 2. The van der Waals surface area contributed by atoms with Gasteiger partial charge in [-0.1, -0.05) is 6.92 Å². The average Bonchev–Trinajstić information content (AvgIpc) is 2.78. The number of aryl methyl sites for hydroxylation is 2. The molecule has 0 radical (unpaired) electrons. The molecule has 0 aliphatic heterocycles. The summed E-state index contributed by atoms with van der Waals surface area (Å²) in [6.07, 6.45) is 3.73. The van der Waals surface area contributed by atoms with Crippen LogP contribution in [0.1, 0.15) is 12.6 Å².